The summed E-state index contributed by atoms with van der Waals surface area (Å²) in [6.45, 7) is 3.50. The third-order valence-corrected chi connectivity index (χ3v) is 3.37. The summed E-state index contributed by atoms with van der Waals surface area (Å²) >= 11 is 1.40. The van der Waals surface area contributed by atoms with Crippen LogP contribution in [0.15, 0.2) is 11.6 Å². The molecule has 1 aromatic heterocycles. The molecule has 2 heterocycles. The van der Waals surface area contributed by atoms with Gasteiger partial charge in [0.15, 0.2) is 5.01 Å². The van der Waals surface area contributed by atoms with Gasteiger partial charge in [-0.1, -0.05) is 0 Å². The Bertz CT molecular complexity index is 306. The van der Waals surface area contributed by atoms with E-state index < -0.39 is 0 Å². The summed E-state index contributed by atoms with van der Waals surface area (Å²) in [4.78, 5) is 15.5. The first kappa shape index (κ1) is 10.7. The first-order chi connectivity index (χ1) is 7.36. The molecule has 1 saturated heterocycles. The quantitative estimate of drug-likeness (QED) is 0.718. The van der Waals surface area contributed by atoms with E-state index in [2.05, 4.69) is 15.6 Å². The summed E-state index contributed by atoms with van der Waals surface area (Å²) in [5.41, 5.74) is 0. The van der Waals surface area contributed by atoms with Crippen molar-refractivity contribution in [3.8, 4) is 0 Å². The first-order valence-electron chi connectivity index (χ1n) is 5.20. The highest BCUT2D eigenvalue weighted by Gasteiger charge is 2.14. The van der Waals surface area contributed by atoms with Gasteiger partial charge in [0, 0.05) is 11.6 Å². The standard InChI is InChI=1S/C10H15N3OS/c14-9(10-13-3-4-15-10)7-12-6-8-1-2-11-5-8/h3-4,8,11-12H,1-2,5-7H2/t8-/m0/s1. The molecular formula is C10H15N3OS. The van der Waals surface area contributed by atoms with Gasteiger partial charge < -0.3 is 10.6 Å². The number of carbonyl (C=O) groups excluding carboxylic acids is 1. The molecular weight excluding hydrogens is 210 g/mol. The van der Waals surface area contributed by atoms with Crippen molar-refractivity contribution in [2.75, 3.05) is 26.2 Å². The van der Waals surface area contributed by atoms with Gasteiger partial charge in [-0.05, 0) is 32.0 Å². The average molecular weight is 225 g/mol. The van der Waals surface area contributed by atoms with E-state index in [0.717, 1.165) is 19.6 Å². The largest absolute Gasteiger partial charge is 0.316 e. The molecule has 0 saturated carbocycles. The molecule has 0 bridgehead atoms. The zero-order valence-electron chi connectivity index (χ0n) is 8.53. The second-order valence-electron chi connectivity index (χ2n) is 3.75. The summed E-state index contributed by atoms with van der Waals surface area (Å²) in [6.07, 6.45) is 2.87. The van der Waals surface area contributed by atoms with Gasteiger partial charge in [-0.25, -0.2) is 4.98 Å². The lowest BCUT2D eigenvalue weighted by molar-refractivity contribution is 0.0990. The number of aromatic nitrogens is 1. The minimum absolute atomic E-state index is 0.0935. The fourth-order valence-electron chi connectivity index (χ4n) is 1.72. The molecule has 0 aromatic carbocycles. The third kappa shape index (κ3) is 3.09. The Morgan fingerprint density at radius 2 is 2.67 bits per heavy atom. The number of ketones is 1. The number of carbonyl (C=O) groups is 1. The summed E-state index contributed by atoms with van der Waals surface area (Å²) in [5, 5.41) is 8.93. The molecule has 5 heteroatoms. The third-order valence-electron chi connectivity index (χ3n) is 2.55. The Labute approximate surface area is 93.1 Å². The van der Waals surface area contributed by atoms with Crippen LogP contribution in [-0.2, 0) is 0 Å². The second kappa shape index (κ2) is 5.34. The maximum Gasteiger partial charge on any atom is 0.205 e. The molecule has 4 nitrogen and oxygen atoms in total. The molecule has 2 N–H and O–H groups in total. The minimum atomic E-state index is 0.0935. The summed E-state index contributed by atoms with van der Waals surface area (Å²) in [5.74, 6) is 0.769. The van der Waals surface area contributed by atoms with Gasteiger partial charge in [-0.15, -0.1) is 11.3 Å². The van der Waals surface area contributed by atoms with Crippen molar-refractivity contribution in [3.05, 3.63) is 16.6 Å². The van der Waals surface area contributed by atoms with E-state index in [-0.39, 0.29) is 5.78 Å². The topological polar surface area (TPSA) is 54.0 Å². The molecule has 1 fully saturated rings. The van der Waals surface area contributed by atoms with E-state index in [9.17, 15) is 4.79 Å². The molecule has 15 heavy (non-hydrogen) atoms. The number of thiazole rings is 1. The molecule has 0 unspecified atom stereocenters. The summed E-state index contributed by atoms with van der Waals surface area (Å²) in [7, 11) is 0. The van der Waals surface area contributed by atoms with Crippen molar-refractivity contribution in [1.29, 1.82) is 0 Å². The van der Waals surface area contributed by atoms with Crippen LogP contribution in [0.4, 0.5) is 0 Å². The van der Waals surface area contributed by atoms with Crippen LogP contribution in [0.5, 0.6) is 0 Å². The molecule has 0 aliphatic carbocycles. The number of nitrogens with zero attached hydrogens (tertiary/aromatic N) is 1. The van der Waals surface area contributed by atoms with E-state index >= 15 is 0 Å². The Morgan fingerprint density at radius 1 is 1.73 bits per heavy atom. The van der Waals surface area contributed by atoms with E-state index in [4.69, 9.17) is 0 Å². The lowest BCUT2D eigenvalue weighted by atomic mass is 10.1. The highest BCUT2D eigenvalue weighted by molar-refractivity contribution is 7.11. The maximum absolute atomic E-state index is 11.5. The average Bonchev–Trinajstić information content (AvgIpc) is 2.90. The predicted octanol–water partition coefficient (Wildman–Crippen LogP) is 0.525. The van der Waals surface area contributed by atoms with Gasteiger partial charge in [-0.2, -0.15) is 0 Å². The molecule has 1 aliphatic rings. The first-order valence-corrected chi connectivity index (χ1v) is 6.08. The smallest absolute Gasteiger partial charge is 0.205 e. The van der Waals surface area contributed by atoms with Crippen molar-refractivity contribution in [2.45, 2.75) is 6.42 Å². The Hall–Kier alpha value is -0.780. The number of nitrogens with one attached hydrogen (secondary N) is 2. The molecule has 1 atom stereocenters. The van der Waals surface area contributed by atoms with Crippen LogP contribution in [0.2, 0.25) is 0 Å². The number of hydrogen-bond donors (Lipinski definition) is 2. The Kier molecular flexibility index (Phi) is 3.82. The highest BCUT2D eigenvalue weighted by Crippen LogP contribution is 2.06. The van der Waals surface area contributed by atoms with Crippen LogP contribution in [0.25, 0.3) is 0 Å². The summed E-state index contributed by atoms with van der Waals surface area (Å²) in [6, 6.07) is 0. The number of Topliss-reactive ketones (excluding diaryl/α,β-unsaturated/α-hetero) is 1. The van der Waals surface area contributed by atoms with Gasteiger partial charge in [0.1, 0.15) is 0 Å². The molecule has 1 aliphatic heterocycles. The molecule has 82 valence electrons. The fraction of sp³-hybridized carbons (Fsp3) is 0.600. The normalized spacial score (nSPS) is 20.7. The van der Waals surface area contributed by atoms with Crippen molar-refractivity contribution in [3.63, 3.8) is 0 Å². The Balaban J connectivity index is 1.67. The summed E-state index contributed by atoms with van der Waals surface area (Å²) < 4.78 is 0. The van der Waals surface area contributed by atoms with Gasteiger partial charge in [-0.3, -0.25) is 4.79 Å². The molecule has 2 rings (SSSR count). The molecule has 0 amide bonds. The van der Waals surface area contributed by atoms with Crippen molar-refractivity contribution < 1.29 is 4.79 Å². The second-order valence-corrected chi connectivity index (χ2v) is 4.64. The van der Waals surface area contributed by atoms with Crippen molar-refractivity contribution in [2.24, 2.45) is 5.92 Å². The van der Waals surface area contributed by atoms with Gasteiger partial charge in [0.2, 0.25) is 5.78 Å². The molecule has 0 radical (unpaired) electrons. The van der Waals surface area contributed by atoms with Crippen LogP contribution in [0.3, 0.4) is 0 Å². The van der Waals surface area contributed by atoms with E-state index in [1.54, 1.807) is 6.20 Å². The lowest BCUT2D eigenvalue weighted by Gasteiger charge is -2.08. The van der Waals surface area contributed by atoms with Gasteiger partial charge in [0.25, 0.3) is 0 Å². The van der Waals surface area contributed by atoms with Crippen molar-refractivity contribution in [1.82, 2.24) is 15.6 Å². The van der Waals surface area contributed by atoms with Crippen LogP contribution in [-0.4, -0.2) is 36.9 Å². The van der Waals surface area contributed by atoms with E-state index in [1.165, 1.54) is 17.8 Å². The fourth-order valence-corrected chi connectivity index (χ4v) is 2.29. The van der Waals surface area contributed by atoms with E-state index in [1.807, 2.05) is 5.38 Å². The zero-order chi connectivity index (χ0) is 10.5. The van der Waals surface area contributed by atoms with E-state index in [0.29, 0.717) is 17.5 Å². The van der Waals surface area contributed by atoms with Crippen LogP contribution in [0, 0.1) is 5.92 Å². The van der Waals surface area contributed by atoms with Gasteiger partial charge in [0.05, 0.1) is 6.54 Å². The molecule has 0 spiro atoms. The van der Waals surface area contributed by atoms with Crippen LogP contribution in [0.1, 0.15) is 16.2 Å². The molecule has 1 aromatic rings. The monoisotopic (exact) mass is 225 g/mol. The maximum atomic E-state index is 11.5. The number of rotatable bonds is 5. The SMILES string of the molecule is O=C(CNC[C@H]1CCNC1)c1nccs1. The Morgan fingerprint density at radius 3 is 3.33 bits per heavy atom. The minimum Gasteiger partial charge on any atom is -0.316 e. The van der Waals surface area contributed by atoms with Crippen molar-refractivity contribution >= 4 is 17.1 Å². The predicted molar refractivity (Wildman–Crippen MR) is 60.3 cm³/mol. The van der Waals surface area contributed by atoms with Crippen LogP contribution < -0.4 is 10.6 Å². The highest BCUT2D eigenvalue weighted by atomic mass is 32.1. The lowest BCUT2D eigenvalue weighted by Crippen LogP contribution is -2.29. The van der Waals surface area contributed by atoms with Crippen LogP contribution >= 0.6 is 11.3 Å². The number of hydrogen-bond acceptors (Lipinski definition) is 5. The zero-order valence-corrected chi connectivity index (χ0v) is 9.35. The van der Waals surface area contributed by atoms with Gasteiger partial charge >= 0.3 is 0 Å².